The van der Waals surface area contributed by atoms with Crippen molar-refractivity contribution in [2.45, 2.75) is 6.92 Å². The summed E-state index contributed by atoms with van der Waals surface area (Å²) in [6.07, 6.45) is 0. The van der Waals surface area contributed by atoms with E-state index in [1.807, 2.05) is 19.1 Å². The van der Waals surface area contributed by atoms with Gasteiger partial charge in [0.05, 0.1) is 44.2 Å². The van der Waals surface area contributed by atoms with Crippen molar-refractivity contribution in [1.29, 1.82) is 0 Å². The molecule has 1 amide bonds. The summed E-state index contributed by atoms with van der Waals surface area (Å²) in [6.45, 7) is 4.66. The summed E-state index contributed by atoms with van der Waals surface area (Å²) >= 11 is 0. The molecule has 1 N–H and O–H groups in total. The number of anilines is 2. The molecule has 1 fully saturated rings. The number of methoxy groups -OCH3 is 2. The Kier molecular flexibility index (Phi) is 6.16. The van der Waals surface area contributed by atoms with E-state index in [-0.39, 0.29) is 5.91 Å². The van der Waals surface area contributed by atoms with E-state index < -0.39 is 5.97 Å². The van der Waals surface area contributed by atoms with Crippen LogP contribution in [-0.4, -0.2) is 52.4 Å². The van der Waals surface area contributed by atoms with Gasteiger partial charge in [0.2, 0.25) is 0 Å². The predicted octanol–water partition coefficient (Wildman–Crippen LogP) is 2.88. The Balaban J connectivity index is 1.91. The molecular formula is C21H24N2O5. The summed E-state index contributed by atoms with van der Waals surface area (Å²) in [5.41, 5.74) is 2.90. The van der Waals surface area contributed by atoms with E-state index in [2.05, 4.69) is 10.2 Å². The minimum Gasteiger partial charge on any atom is -0.496 e. The molecule has 0 aliphatic carbocycles. The van der Waals surface area contributed by atoms with Gasteiger partial charge in [-0.2, -0.15) is 0 Å². The SMILES string of the molecule is COC(=O)c1cc(N2CCOCC2)ccc1NC(=O)c1cc(C)ccc1OC. The summed E-state index contributed by atoms with van der Waals surface area (Å²) in [5.74, 6) is -0.404. The van der Waals surface area contributed by atoms with Gasteiger partial charge in [-0.1, -0.05) is 11.6 Å². The topological polar surface area (TPSA) is 77.1 Å². The van der Waals surface area contributed by atoms with Crippen LogP contribution in [0, 0.1) is 6.92 Å². The van der Waals surface area contributed by atoms with Crippen LogP contribution in [0.1, 0.15) is 26.3 Å². The van der Waals surface area contributed by atoms with Crippen molar-refractivity contribution in [3.05, 3.63) is 53.1 Å². The fraction of sp³-hybridized carbons (Fsp3) is 0.333. The molecule has 0 unspecified atom stereocenters. The summed E-state index contributed by atoms with van der Waals surface area (Å²) in [5, 5.41) is 2.81. The third-order valence-electron chi connectivity index (χ3n) is 4.63. The average molecular weight is 384 g/mol. The third-order valence-corrected chi connectivity index (χ3v) is 4.63. The van der Waals surface area contributed by atoms with Crippen LogP contribution in [0.2, 0.25) is 0 Å². The second-order valence-electron chi connectivity index (χ2n) is 6.48. The first-order valence-electron chi connectivity index (χ1n) is 9.04. The molecule has 2 aromatic rings. The van der Waals surface area contributed by atoms with Crippen molar-refractivity contribution in [2.75, 3.05) is 50.7 Å². The van der Waals surface area contributed by atoms with E-state index in [0.29, 0.717) is 35.8 Å². The number of rotatable bonds is 5. The van der Waals surface area contributed by atoms with Crippen molar-refractivity contribution in [3.8, 4) is 5.75 Å². The summed E-state index contributed by atoms with van der Waals surface area (Å²) in [7, 11) is 2.83. The van der Waals surface area contributed by atoms with Crippen molar-refractivity contribution < 1.29 is 23.8 Å². The molecular weight excluding hydrogens is 360 g/mol. The summed E-state index contributed by atoms with van der Waals surface area (Å²) in [6, 6.07) is 10.7. The van der Waals surface area contributed by atoms with Crippen LogP contribution in [0.4, 0.5) is 11.4 Å². The normalized spacial score (nSPS) is 13.8. The number of hydrogen-bond donors (Lipinski definition) is 1. The molecule has 28 heavy (non-hydrogen) atoms. The lowest BCUT2D eigenvalue weighted by Crippen LogP contribution is -2.36. The van der Waals surface area contributed by atoms with Crippen LogP contribution in [0.15, 0.2) is 36.4 Å². The summed E-state index contributed by atoms with van der Waals surface area (Å²) in [4.78, 5) is 27.3. The first-order valence-corrected chi connectivity index (χ1v) is 9.04. The van der Waals surface area contributed by atoms with Gasteiger partial charge in [-0.05, 0) is 37.3 Å². The number of hydrogen-bond acceptors (Lipinski definition) is 6. The van der Waals surface area contributed by atoms with Gasteiger partial charge >= 0.3 is 5.97 Å². The number of ether oxygens (including phenoxy) is 3. The van der Waals surface area contributed by atoms with Crippen molar-refractivity contribution in [2.24, 2.45) is 0 Å². The lowest BCUT2D eigenvalue weighted by molar-refractivity contribution is 0.0602. The molecule has 1 saturated heterocycles. The maximum absolute atomic E-state index is 12.8. The Morgan fingerprint density at radius 2 is 1.79 bits per heavy atom. The Morgan fingerprint density at radius 1 is 1.04 bits per heavy atom. The third kappa shape index (κ3) is 4.26. The highest BCUT2D eigenvalue weighted by molar-refractivity contribution is 6.09. The number of esters is 1. The summed E-state index contributed by atoms with van der Waals surface area (Å²) < 4.78 is 15.6. The maximum Gasteiger partial charge on any atom is 0.340 e. The zero-order chi connectivity index (χ0) is 20.1. The molecule has 2 aromatic carbocycles. The van der Waals surface area contributed by atoms with Gasteiger partial charge in [-0.3, -0.25) is 4.79 Å². The van der Waals surface area contributed by atoms with E-state index in [1.54, 1.807) is 24.3 Å². The van der Waals surface area contributed by atoms with Crippen LogP contribution < -0.4 is 15.0 Å². The van der Waals surface area contributed by atoms with Crippen LogP contribution in [0.25, 0.3) is 0 Å². The van der Waals surface area contributed by atoms with Crippen molar-refractivity contribution in [3.63, 3.8) is 0 Å². The number of carbonyl (C=O) groups excluding carboxylic acids is 2. The number of carbonyl (C=O) groups is 2. The molecule has 7 heteroatoms. The number of morpholine rings is 1. The van der Waals surface area contributed by atoms with E-state index in [0.717, 1.165) is 24.3 Å². The molecule has 1 heterocycles. The molecule has 1 aliphatic rings. The van der Waals surface area contributed by atoms with Gasteiger partial charge in [0.15, 0.2) is 0 Å². The van der Waals surface area contributed by atoms with E-state index in [9.17, 15) is 9.59 Å². The molecule has 1 aliphatic heterocycles. The first kappa shape index (κ1) is 19.7. The van der Waals surface area contributed by atoms with Crippen molar-refractivity contribution >= 4 is 23.3 Å². The fourth-order valence-electron chi connectivity index (χ4n) is 3.13. The van der Waals surface area contributed by atoms with Crippen LogP contribution >= 0.6 is 0 Å². The molecule has 148 valence electrons. The van der Waals surface area contributed by atoms with Gasteiger partial charge in [0.1, 0.15) is 5.75 Å². The maximum atomic E-state index is 12.8. The second-order valence-corrected chi connectivity index (χ2v) is 6.48. The van der Waals surface area contributed by atoms with E-state index in [4.69, 9.17) is 14.2 Å². The number of aryl methyl sites for hydroxylation is 1. The van der Waals surface area contributed by atoms with Crippen LogP contribution in [-0.2, 0) is 9.47 Å². The monoisotopic (exact) mass is 384 g/mol. The molecule has 7 nitrogen and oxygen atoms in total. The zero-order valence-corrected chi connectivity index (χ0v) is 16.3. The lowest BCUT2D eigenvalue weighted by Gasteiger charge is -2.29. The van der Waals surface area contributed by atoms with Gasteiger partial charge in [-0.15, -0.1) is 0 Å². The van der Waals surface area contributed by atoms with E-state index in [1.165, 1.54) is 14.2 Å². The predicted molar refractivity (Wildman–Crippen MR) is 106 cm³/mol. The molecule has 3 rings (SSSR count). The molecule has 0 atom stereocenters. The molecule has 0 saturated carbocycles. The Morgan fingerprint density at radius 3 is 2.46 bits per heavy atom. The number of nitrogens with one attached hydrogen (secondary N) is 1. The number of benzene rings is 2. The Bertz CT molecular complexity index is 875. The van der Waals surface area contributed by atoms with Gasteiger partial charge in [-0.25, -0.2) is 4.79 Å². The fourth-order valence-corrected chi connectivity index (χ4v) is 3.13. The van der Waals surface area contributed by atoms with Crippen LogP contribution in [0.5, 0.6) is 5.75 Å². The Hall–Kier alpha value is -3.06. The minimum atomic E-state index is -0.512. The Labute approximate surface area is 164 Å². The number of nitrogens with zero attached hydrogens (tertiary/aromatic N) is 1. The standard InChI is InChI=1S/C21H24N2O5/c1-14-4-7-19(26-2)17(12-14)20(24)22-18-6-5-15(13-16(18)21(25)27-3)23-8-10-28-11-9-23/h4-7,12-13H,8-11H2,1-3H3,(H,22,24). The molecule has 0 radical (unpaired) electrons. The second kappa shape index (κ2) is 8.75. The first-order chi connectivity index (χ1) is 13.5. The van der Waals surface area contributed by atoms with Crippen LogP contribution in [0.3, 0.4) is 0 Å². The lowest BCUT2D eigenvalue weighted by atomic mass is 10.1. The largest absolute Gasteiger partial charge is 0.496 e. The zero-order valence-electron chi connectivity index (χ0n) is 16.3. The average Bonchev–Trinajstić information content (AvgIpc) is 2.74. The molecule has 0 bridgehead atoms. The molecule has 0 spiro atoms. The number of amides is 1. The highest BCUT2D eigenvalue weighted by Crippen LogP contribution is 2.27. The van der Waals surface area contributed by atoms with Crippen molar-refractivity contribution in [1.82, 2.24) is 0 Å². The van der Waals surface area contributed by atoms with Gasteiger partial charge in [0.25, 0.3) is 5.91 Å². The highest BCUT2D eigenvalue weighted by Gasteiger charge is 2.20. The quantitative estimate of drug-likeness (QED) is 0.799. The van der Waals surface area contributed by atoms with Gasteiger partial charge in [0, 0.05) is 18.8 Å². The smallest absolute Gasteiger partial charge is 0.340 e. The minimum absolute atomic E-state index is 0.298. The molecule has 0 aromatic heterocycles. The van der Waals surface area contributed by atoms with Gasteiger partial charge < -0.3 is 24.4 Å². The van der Waals surface area contributed by atoms with E-state index >= 15 is 0 Å². The highest BCUT2D eigenvalue weighted by atomic mass is 16.5.